The molecule has 0 radical (unpaired) electrons. The van der Waals surface area contributed by atoms with Gasteiger partial charge in [-0.25, -0.2) is 0 Å². The summed E-state index contributed by atoms with van der Waals surface area (Å²) in [6.07, 6.45) is 1.99. The summed E-state index contributed by atoms with van der Waals surface area (Å²) in [5, 5.41) is 1.75. The number of alkyl halides is 3. The monoisotopic (exact) mass is 473 g/mol. The predicted molar refractivity (Wildman–Crippen MR) is 107 cm³/mol. The van der Waals surface area contributed by atoms with Crippen LogP contribution in [0.2, 0.25) is 0 Å². The zero-order valence-corrected chi connectivity index (χ0v) is 17.1. The van der Waals surface area contributed by atoms with Gasteiger partial charge < -0.3 is 8.92 Å². The Hall–Kier alpha value is -2.99. The van der Waals surface area contributed by atoms with E-state index < -0.39 is 32.5 Å². The van der Waals surface area contributed by atoms with Crippen LogP contribution in [0.3, 0.4) is 0 Å². The standard InChI is InChI=1S/C19H14F3NO6S2/c20-19(21,22)31(26,27)29-15-7-1-12(2-8-15)9-10-28-14-5-3-13(4-6-14)11-16-17(24)23-18(25)30-16/h1-8,11H,9-10H2,(H,23,24,25). The van der Waals surface area contributed by atoms with Crippen LogP contribution in [0, 0.1) is 0 Å². The number of ether oxygens (including phenoxy) is 1. The fraction of sp³-hybridized carbons (Fsp3) is 0.158. The molecule has 0 aliphatic carbocycles. The van der Waals surface area contributed by atoms with Crippen molar-refractivity contribution in [3.05, 3.63) is 64.6 Å². The van der Waals surface area contributed by atoms with Crippen LogP contribution < -0.4 is 14.2 Å². The van der Waals surface area contributed by atoms with Crippen molar-refractivity contribution in [3.8, 4) is 11.5 Å². The van der Waals surface area contributed by atoms with Gasteiger partial charge in [0.05, 0.1) is 11.5 Å². The fourth-order valence-electron chi connectivity index (χ4n) is 2.41. The second-order valence-corrected chi connectivity index (χ2v) is 8.70. The second-order valence-electron chi connectivity index (χ2n) is 6.15. The summed E-state index contributed by atoms with van der Waals surface area (Å²) in [6.45, 7) is 0.258. The Balaban J connectivity index is 1.51. The molecule has 0 unspecified atom stereocenters. The minimum atomic E-state index is -5.70. The van der Waals surface area contributed by atoms with Crippen molar-refractivity contribution < 1.29 is 40.1 Å². The molecule has 2 amide bonds. The maximum Gasteiger partial charge on any atom is 0.534 e. The molecule has 7 nitrogen and oxygen atoms in total. The topological polar surface area (TPSA) is 98.8 Å². The van der Waals surface area contributed by atoms with Gasteiger partial charge >= 0.3 is 15.6 Å². The van der Waals surface area contributed by atoms with E-state index in [0.717, 1.165) is 23.9 Å². The molecular formula is C19H14F3NO6S2. The number of thioether (sulfide) groups is 1. The van der Waals surface area contributed by atoms with Crippen molar-refractivity contribution in [3.63, 3.8) is 0 Å². The van der Waals surface area contributed by atoms with E-state index >= 15 is 0 Å². The molecule has 1 saturated heterocycles. The molecule has 0 bridgehead atoms. The van der Waals surface area contributed by atoms with Crippen molar-refractivity contribution in [2.45, 2.75) is 11.9 Å². The van der Waals surface area contributed by atoms with Crippen LogP contribution in [-0.4, -0.2) is 31.7 Å². The summed E-state index contributed by atoms with van der Waals surface area (Å²) in [5.41, 5.74) is -4.08. The normalized spacial score (nSPS) is 15.8. The van der Waals surface area contributed by atoms with Crippen LogP contribution in [-0.2, 0) is 21.3 Å². The summed E-state index contributed by atoms with van der Waals surface area (Å²) in [5.74, 6) is -0.330. The van der Waals surface area contributed by atoms with Gasteiger partial charge in [0.2, 0.25) is 0 Å². The van der Waals surface area contributed by atoms with E-state index in [0.29, 0.717) is 28.2 Å². The lowest BCUT2D eigenvalue weighted by atomic mass is 10.1. The van der Waals surface area contributed by atoms with E-state index in [-0.39, 0.29) is 6.61 Å². The molecule has 1 heterocycles. The van der Waals surface area contributed by atoms with E-state index in [2.05, 4.69) is 9.50 Å². The molecule has 1 aliphatic rings. The lowest BCUT2D eigenvalue weighted by Crippen LogP contribution is -2.28. The Morgan fingerprint density at radius 1 is 0.968 bits per heavy atom. The van der Waals surface area contributed by atoms with Gasteiger partial charge in [0.15, 0.2) is 0 Å². The first-order valence-electron chi connectivity index (χ1n) is 8.61. The Morgan fingerprint density at radius 2 is 1.58 bits per heavy atom. The predicted octanol–water partition coefficient (Wildman–Crippen LogP) is 3.86. The third-order valence-corrected chi connectivity index (χ3v) is 5.68. The first-order valence-corrected chi connectivity index (χ1v) is 10.8. The molecular weight excluding hydrogens is 459 g/mol. The van der Waals surface area contributed by atoms with Crippen LogP contribution in [0.4, 0.5) is 18.0 Å². The smallest absolute Gasteiger partial charge is 0.493 e. The molecule has 2 aromatic carbocycles. The molecule has 2 aromatic rings. The van der Waals surface area contributed by atoms with Crippen molar-refractivity contribution in [2.24, 2.45) is 0 Å². The molecule has 164 valence electrons. The Morgan fingerprint density at radius 3 is 2.13 bits per heavy atom. The van der Waals surface area contributed by atoms with Crippen LogP contribution in [0.1, 0.15) is 11.1 Å². The average Bonchev–Trinajstić information content (AvgIpc) is 3.00. The van der Waals surface area contributed by atoms with Crippen LogP contribution in [0.25, 0.3) is 6.08 Å². The number of imide groups is 1. The zero-order valence-electron chi connectivity index (χ0n) is 15.5. The summed E-state index contributed by atoms with van der Waals surface area (Å²) >= 11 is 0.822. The van der Waals surface area contributed by atoms with Crippen molar-refractivity contribution in [1.29, 1.82) is 0 Å². The molecule has 31 heavy (non-hydrogen) atoms. The highest BCUT2D eigenvalue weighted by Crippen LogP contribution is 2.28. The minimum Gasteiger partial charge on any atom is -0.493 e. The number of carbonyl (C=O) groups is 2. The van der Waals surface area contributed by atoms with Gasteiger partial charge in [0.1, 0.15) is 11.5 Å². The van der Waals surface area contributed by atoms with Crippen molar-refractivity contribution >= 4 is 39.1 Å². The summed E-state index contributed by atoms with van der Waals surface area (Å²) in [4.78, 5) is 23.0. The molecule has 1 aliphatic heterocycles. The van der Waals surface area contributed by atoms with E-state index in [9.17, 15) is 31.2 Å². The first-order chi connectivity index (χ1) is 14.5. The molecule has 1 N–H and O–H groups in total. The van der Waals surface area contributed by atoms with Gasteiger partial charge in [-0.3, -0.25) is 14.9 Å². The van der Waals surface area contributed by atoms with E-state index in [1.807, 2.05) is 0 Å². The number of nitrogens with one attached hydrogen (secondary N) is 1. The lowest BCUT2D eigenvalue weighted by Gasteiger charge is -2.10. The van der Waals surface area contributed by atoms with Crippen molar-refractivity contribution in [1.82, 2.24) is 5.32 Å². The SMILES string of the molecule is O=C1NC(=O)C(=Cc2ccc(OCCc3ccc(OS(=O)(=O)C(F)(F)F)cc3)cc2)S1. The molecule has 0 atom stereocenters. The van der Waals surface area contributed by atoms with Gasteiger partial charge in [-0.1, -0.05) is 24.3 Å². The molecule has 12 heteroatoms. The van der Waals surface area contributed by atoms with Gasteiger partial charge in [-0.05, 0) is 53.2 Å². The van der Waals surface area contributed by atoms with Crippen LogP contribution in [0.5, 0.6) is 11.5 Å². The van der Waals surface area contributed by atoms with E-state index in [4.69, 9.17) is 4.74 Å². The van der Waals surface area contributed by atoms with Crippen LogP contribution >= 0.6 is 11.8 Å². The highest BCUT2D eigenvalue weighted by Gasteiger charge is 2.48. The molecule has 0 aromatic heterocycles. The Labute approximate surface area is 179 Å². The summed E-state index contributed by atoms with van der Waals surface area (Å²) in [7, 11) is -5.70. The van der Waals surface area contributed by atoms with Crippen molar-refractivity contribution in [2.75, 3.05) is 6.61 Å². The maximum atomic E-state index is 12.3. The number of hydrogen-bond donors (Lipinski definition) is 1. The third kappa shape index (κ3) is 6.01. The summed E-state index contributed by atoms with van der Waals surface area (Å²) < 4.78 is 68.5. The second kappa shape index (κ2) is 9.02. The van der Waals surface area contributed by atoms with Gasteiger partial charge in [0, 0.05) is 6.42 Å². The number of amides is 2. The highest BCUT2D eigenvalue weighted by molar-refractivity contribution is 8.18. The molecule has 1 fully saturated rings. The molecule has 0 spiro atoms. The number of hydrogen-bond acceptors (Lipinski definition) is 7. The third-order valence-electron chi connectivity index (χ3n) is 3.89. The number of carbonyl (C=O) groups excluding carboxylic acids is 2. The largest absolute Gasteiger partial charge is 0.534 e. The minimum absolute atomic E-state index is 0.258. The van der Waals surface area contributed by atoms with Gasteiger partial charge in [-0.2, -0.15) is 21.6 Å². The van der Waals surface area contributed by atoms with E-state index in [1.54, 1.807) is 30.3 Å². The number of halogens is 3. The highest BCUT2D eigenvalue weighted by atomic mass is 32.2. The van der Waals surface area contributed by atoms with Gasteiger partial charge in [0.25, 0.3) is 11.1 Å². The summed E-state index contributed by atoms with van der Waals surface area (Å²) in [6, 6.07) is 11.9. The Bertz CT molecular complexity index is 1110. The number of rotatable bonds is 7. The average molecular weight is 473 g/mol. The lowest BCUT2D eigenvalue weighted by molar-refractivity contribution is -0.115. The zero-order chi connectivity index (χ0) is 22.6. The van der Waals surface area contributed by atoms with E-state index in [1.165, 1.54) is 12.1 Å². The molecule has 0 saturated carbocycles. The fourth-order valence-corrected chi connectivity index (χ4v) is 3.55. The number of benzene rings is 2. The van der Waals surface area contributed by atoms with Gasteiger partial charge in [-0.15, -0.1) is 0 Å². The molecule has 3 rings (SSSR count). The quantitative estimate of drug-likeness (QED) is 0.370. The van der Waals surface area contributed by atoms with Crippen LogP contribution in [0.15, 0.2) is 53.4 Å². The Kier molecular flexibility index (Phi) is 6.60. The maximum absolute atomic E-state index is 12.3. The first kappa shape index (κ1) is 22.7.